The molecule has 0 spiro atoms. The van der Waals surface area contributed by atoms with E-state index >= 15 is 0 Å². The zero-order valence-electron chi connectivity index (χ0n) is 11.9. The molecule has 0 saturated carbocycles. The quantitative estimate of drug-likeness (QED) is 0.722. The lowest BCUT2D eigenvalue weighted by Crippen LogP contribution is -2.27. The second-order valence-electron chi connectivity index (χ2n) is 4.49. The minimum atomic E-state index is -1.15. The van der Waals surface area contributed by atoms with Gasteiger partial charge in [0.2, 0.25) is 0 Å². The van der Waals surface area contributed by atoms with Gasteiger partial charge in [0.1, 0.15) is 18.3 Å². The molecule has 7 heteroatoms. The summed E-state index contributed by atoms with van der Waals surface area (Å²) >= 11 is 5.91. The molecular weight excluding hydrogens is 300 g/mol. The van der Waals surface area contributed by atoms with Gasteiger partial charge in [-0.2, -0.15) is 0 Å². The van der Waals surface area contributed by atoms with Crippen molar-refractivity contribution in [2.75, 3.05) is 26.9 Å². The van der Waals surface area contributed by atoms with E-state index in [1.165, 1.54) is 18.2 Å². The van der Waals surface area contributed by atoms with Gasteiger partial charge in [0.15, 0.2) is 5.75 Å². The number of rotatable bonds is 9. The largest absolute Gasteiger partial charge is 0.488 e. The molecule has 0 radical (unpaired) electrons. The number of para-hydroxylation sites is 1. The van der Waals surface area contributed by atoms with E-state index < -0.39 is 12.1 Å². The molecule has 21 heavy (non-hydrogen) atoms. The lowest BCUT2D eigenvalue weighted by molar-refractivity contribution is -0.0423. The molecule has 0 aromatic heterocycles. The highest BCUT2D eigenvalue weighted by molar-refractivity contribution is 6.32. The van der Waals surface area contributed by atoms with Crippen molar-refractivity contribution in [3.05, 3.63) is 28.8 Å². The summed E-state index contributed by atoms with van der Waals surface area (Å²) in [5.74, 6) is -1.11. The number of halogens is 1. The van der Waals surface area contributed by atoms with Gasteiger partial charge in [-0.15, -0.1) is 0 Å². The number of aliphatic hydroxyl groups is 1. The van der Waals surface area contributed by atoms with Gasteiger partial charge in [0, 0.05) is 7.11 Å². The van der Waals surface area contributed by atoms with Crippen LogP contribution in [0.5, 0.6) is 5.75 Å². The van der Waals surface area contributed by atoms with E-state index in [9.17, 15) is 9.90 Å². The number of aromatic carboxylic acids is 1. The summed E-state index contributed by atoms with van der Waals surface area (Å²) in [4.78, 5) is 11.1. The van der Waals surface area contributed by atoms with E-state index in [2.05, 4.69) is 0 Å². The zero-order chi connectivity index (χ0) is 15.8. The molecule has 0 aliphatic heterocycles. The Morgan fingerprint density at radius 1 is 1.33 bits per heavy atom. The highest BCUT2D eigenvalue weighted by Crippen LogP contribution is 2.28. The van der Waals surface area contributed by atoms with E-state index in [0.29, 0.717) is 6.61 Å². The van der Waals surface area contributed by atoms with Crippen molar-refractivity contribution in [2.45, 2.75) is 19.1 Å². The number of hydrogen-bond donors (Lipinski definition) is 2. The second kappa shape index (κ2) is 8.84. The van der Waals surface area contributed by atoms with E-state index in [0.717, 1.165) is 0 Å². The highest BCUT2D eigenvalue weighted by atomic mass is 35.5. The first kappa shape index (κ1) is 17.7. The molecule has 6 nitrogen and oxygen atoms in total. The molecule has 1 aromatic carbocycles. The number of methoxy groups -OCH3 is 1. The predicted molar refractivity (Wildman–Crippen MR) is 77.2 cm³/mol. The van der Waals surface area contributed by atoms with Crippen molar-refractivity contribution in [1.82, 2.24) is 0 Å². The number of aliphatic hydroxyl groups excluding tert-OH is 1. The van der Waals surface area contributed by atoms with Crippen LogP contribution in [-0.4, -0.2) is 55.3 Å². The van der Waals surface area contributed by atoms with Crippen LogP contribution in [0.25, 0.3) is 0 Å². The van der Waals surface area contributed by atoms with E-state index in [4.69, 9.17) is 30.9 Å². The standard InChI is InChI=1S/C14H19ClO6/c1-9(6-19-2)20-7-10(16)8-21-13-11(14(17)18)4-3-5-12(13)15/h3-5,9-10,16H,6-8H2,1-2H3,(H,17,18). The summed E-state index contributed by atoms with van der Waals surface area (Å²) in [6.45, 7) is 2.16. The summed E-state index contributed by atoms with van der Waals surface area (Å²) < 4.78 is 15.5. The van der Waals surface area contributed by atoms with Crippen molar-refractivity contribution in [3.63, 3.8) is 0 Å². The van der Waals surface area contributed by atoms with Crippen LogP contribution in [0.15, 0.2) is 18.2 Å². The minimum absolute atomic E-state index is 0.0376. The SMILES string of the molecule is COCC(C)OCC(O)COc1c(Cl)cccc1C(=O)O. The monoisotopic (exact) mass is 318 g/mol. The van der Waals surface area contributed by atoms with Gasteiger partial charge in [-0.3, -0.25) is 0 Å². The number of carbonyl (C=O) groups is 1. The van der Waals surface area contributed by atoms with Crippen molar-refractivity contribution < 1.29 is 29.2 Å². The lowest BCUT2D eigenvalue weighted by atomic mass is 10.2. The third-order valence-corrected chi connectivity index (χ3v) is 2.89. The molecule has 2 atom stereocenters. The van der Waals surface area contributed by atoms with E-state index in [1.54, 1.807) is 7.11 Å². The third-order valence-electron chi connectivity index (χ3n) is 2.59. The smallest absolute Gasteiger partial charge is 0.339 e. The summed E-state index contributed by atoms with van der Waals surface area (Å²) in [7, 11) is 1.56. The van der Waals surface area contributed by atoms with Crippen molar-refractivity contribution >= 4 is 17.6 Å². The van der Waals surface area contributed by atoms with Gasteiger partial charge in [0.25, 0.3) is 0 Å². The van der Waals surface area contributed by atoms with Crippen LogP contribution in [0, 0.1) is 0 Å². The van der Waals surface area contributed by atoms with Crippen molar-refractivity contribution in [2.24, 2.45) is 0 Å². The molecule has 0 aliphatic carbocycles. The average Bonchev–Trinajstić information content (AvgIpc) is 2.43. The van der Waals surface area contributed by atoms with E-state index in [-0.39, 0.29) is 35.7 Å². The van der Waals surface area contributed by atoms with Crippen LogP contribution in [0.4, 0.5) is 0 Å². The van der Waals surface area contributed by atoms with Crippen LogP contribution in [0.2, 0.25) is 5.02 Å². The van der Waals surface area contributed by atoms with Crippen molar-refractivity contribution in [1.29, 1.82) is 0 Å². The van der Waals surface area contributed by atoms with Crippen molar-refractivity contribution in [3.8, 4) is 5.75 Å². The normalized spacial score (nSPS) is 13.7. The van der Waals surface area contributed by atoms with Crippen LogP contribution in [-0.2, 0) is 9.47 Å². The molecular formula is C14H19ClO6. The summed E-state index contributed by atoms with van der Waals surface area (Å²) in [6.07, 6.45) is -1.05. The lowest BCUT2D eigenvalue weighted by Gasteiger charge is -2.17. The summed E-state index contributed by atoms with van der Waals surface area (Å²) in [5.41, 5.74) is -0.0524. The maximum atomic E-state index is 11.1. The Hall–Kier alpha value is -1.34. The Labute approximate surface area is 128 Å². The number of carboxylic acid groups (broad SMARTS) is 1. The Morgan fingerprint density at radius 3 is 2.67 bits per heavy atom. The third kappa shape index (κ3) is 5.89. The Kier molecular flexibility index (Phi) is 7.45. The van der Waals surface area contributed by atoms with Crippen LogP contribution < -0.4 is 4.74 Å². The number of carboxylic acids is 1. The molecule has 0 aliphatic rings. The van der Waals surface area contributed by atoms with Crippen LogP contribution >= 0.6 is 11.6 Å². The zero-order valence-corrected chi connectivity index (χ0v) is 12.7. The number of hydrogen-bond acceptors (Lipinski definition) is 5. The summed E-state index contributed by atoms with van der Waals surface area (Å²) in [5, 5.41) is 19.0. The molecule has 0 fully saturated rings. The molecule has 1 aromatic rings. The Balaban J connectivity index is 2.53. The molecule has 2 unspecified atom stereocenters. The maximum absolute atomic E-state index is 11.1. The number of ether oxygens (including phenoxy) is 3. The fraction of sp³-hybridized carbons (Fsp3) is 0.500. The fourth-order valence-corrected chi connectivity index (χ4v) is 1.84. The fourth-order valence-electron chi connectivity index (χ4n) is 1.61. The first-order valence-corrected chi connectivity index (χ1v) is 6.76. The average molecular weight is 319 g/mol. The molecule has 0 saturated heterocycles. The highest BCUT2D eigenvalue weighted by Gasteiger charge is 2.16. The predicted octanol–water partition coefficient (Wildman–Crippen LogP) is 1.83. The Bertz CT molecular complexity index is 465. The van der Waals surface area contributed by atoms with Crippen LogP contribution in [0.3, 0.4) is 0 Å². The molecule has 0 heterocycles. The summed E-state index contributed by atoms with van der Waals surface area (Å²) in [6, 6.07) is 4.42. The molecule has 1 rings (SSSR count). The topological polar surface area (TPSA) is 85.2 Å². The maximum Gasteiger partial charge on any atom is 0.339 e. The molecule has 0 bridgehead atoms. The Morgan fingerprint density at radius 2 is 2.05 bits per heavy atom. The van der Waals surface area contributed by atoms with Gasteiger partial charge in [-0.1, -0.05) is 17.7 Å². The second-order valence-corrected chi connectivity index (χ2v) is 4.89. The van der Waals surface area contributed by atoms with Gasteiger partial charge in [0.05, 0.1) is 24.3 Å². The molecule has 2 N–H and O–H groups in total. The van der Waals surface area contributed by atoms with E-state index in [1.807, 2.05) is 6.92 Å². The minimum Gasteiger partial charge on any atom is -0.488 e. The molecule has 118 valence electrons. The van der Waals surface area contributed by atoms with Gasteiger partial charge in [-0.05, 0) is 19.1 Å². The van der Waals surface area contributed by atoms with Crippen LogP contribution in [0.1, 0.15) is 17.3 Å². The van der Waals surface area contributed by atoms with Gasteiger partial charge in [-0.25, -0.2) is 4.79 Å². The van der Waals surface area contributed by atoms with Gasteiger partial charge < -0.3 is 24.4 Å². The first-order chi connectivity index (χ1) is 9.95. The first-order valence-electron chi connectivity index (χ1n) is 6.39. The number of benzene rings is 1. The van der Waals surface area contributed by atoms with Gasteiger partial charge >= 0.3 is 5.97 Å². The molecule has 0 amide bonds.